The van der Waals surface area contributed by atoms with Gasteiger partial charge in [-0.2, -0.15) is 0 Å². The van der Waals surface area contributed by atoms with Gasteiger partial charge in [-0.25, -0.2) is 4.79 Å². The molecule has 1 atom stereocenters. The molecule has 1 unspecified atom stereocenters. The van der Waals surface area contributed by atoms with Crippen molar-refractivity contribution in [2.45, 2.75) is 32.3 Å². The minimum Gasteiger partial charge on any atom is -0.464 e. The maximum atomic E-state index is 12.1. The van der Waals surface area contributed by atoms with Crippen LogP contribution in [0.5, 0.6) is 0 Å². The summed E-state index contributed by atoms with van der Waals surface area (Å²) in [5.41, 5.74) is 1.13. The largest absolute Gasteiger partial charge is 0.464 e. The zero-order valence-electron chi connectivity index (χ0n) is 13.4. The zero-order chi connectivity index (χ0) is 17.1. The third-order valence-electron chi connectivity index (χ3n) is 4.01. The van der Waals surface area contributed by atoms with Crippen LogP contribution in [0.3, 0.4) is 0 Å². The minimum absolute atomic E-state index is 0.167. The molecule has 2 heterocycles. The number of hydrogen-bond acceptors (Lipinski definition) is 5. The number of furan rings is 1. The summed E-state index contributed by atoms with van der Waals surface area (Å²) in [5, 5.41) is 13.8. The van der Waals surface area contributed by atoms with Gasteiger partial charge in [0.1, 0.15) is 11.2 Å². The molecule has 2 aromatic heterocycles. The van der Waals surface area contributed by atoms with Crippen molar-refractivity contribution < 1.29 is 18.7 Å². The summed E-state index contributed by atoms with van der Waals surface area (Å²) < 4.78 is 10.6. The predicted molar refractivity (Wildman–Crippen MR) is 89.9 cm³/mol. The zero-order valence-corrected chi connectivity index (χ0v) is 13.4. The number of rotatable bonds is 6. The minimum atomic E-state index is -0.544. The molecule has 3 aromatic rings. The SMILES string of the molecule is CCC(O)CNC(=O)CCc1cc2cc3ccoc3cc2oc1=O. The highest BCUT2D eigenvalue weighted by Crippen LogP contribution is 2.23. The summed E-state index contributed by atoms with van der Waals surface area (Å²) in [6.45, 7) is 2.06. The van der Waals surface area contributed by atoms with Crippen molar-refractivity contribution in [2.75, 3.05) is 6.54 Å². The fourth-order valence-corrected chi connectivity index (χ4v) is 2.51. The first-order valence-corrected chi connectivity index (χ1v) is 7.95. The Kier molecular flexibility index (Phi) is 4.66. The van der Waals surface area contributed by atoms with E-state index in [1.807, 2.05) is 19.1 Å². The normalized spacial score (nSPS) is 12.6. The van der Waals surface area contributed by atoms with Crippen LogP contribution in [0, 0.1) is 0 Å². The van der Waals surface area contributed by atoms with Crippen LogP contribution in [0.4, 0.5) is 0 Å². The maximum absolute atomic E-state index is 12.1. The van der Waals surface area contributed by atoms with Crippen LogP contribution in [0.25, 0.3) is 21.9 Å². The van der Waals surface area contributed by atoms with E-state index < -0.39 is 11.7 Å². The Morgan fingerprint density at radius 3 is 2.88 bits per heavy atom. The van der Waals surface area contributed by atoms with Gasteiger partial charge in [0.05, 0.1) is 12.4 Å². The summed E-state index contributed by atoms with van der Waals surface area (Å²) in [6.07, 6.45) is 2.07. The number of carbonyl (C=O) groups is 1. The number of fused-ring (bicyclic) bond motifs is 2. The molecule has 2 N–H and O–H groups in total. The first-order valence-electron chi connectivity index (χ1n) is 7.95. The highest BCUT2D eigenvalue weighted by Gasteiger charge is 2.11. The van der Waals surface area contributed by atoms with Gasteiger partial charge in [-0.15, -0.1) is 0 Å². The molecular weight excluding hydrogens is 310 g/mol. The molecule has 0 spiro atoms. The fraction of sp³-hybridized carbons (Fsp3) is 0.333. The second kappa shape index (κ2) is 6.88. The van der Waals surface area contributed by atoms with Crippen LogP contribution in [0.1, 0.15) is 25.3 Å². The Morgan fingerprint density at radius 1 is 1.25 bits per heavy atom. The van der Waals surface area contributed by atoms with E-state index in [1.54, 1.807) is 18.4 Å². The summed E-state index contributed by atoms with van der Waals surface area (Å²) in [7, 11) is 0. The summed E-state index contributed by atoms with van der Waals surface area (Å²) in [4.78, 5) is 23.8. The standard InChI is InChI=1S/C18H19NO5/c1-2-14(20)10-19-17(21)4-3-12-8-13-7-11-5-6-23-15(11)9-16(13)24-18(12)22/h5-9,14,20H,2-4,10H2,1H3,(H,19,21). The summed E-state index contributed by atoms with van der Waals surface area (Å²) >= 11 is 0. The molecule has 1 aromatic carbocycles. The van der Waals surface area contributed by atoms with E-state index in [-0.39, 0.29) is 25.3 Å². The lowest BCUT2D eigenvalue weighted by atomic mass is 10.1. The van der Waals surface area contributed by atoms with Gasteiger partial charge >= 0.3 is 5.63 Å². The van der Waals surface area contributed by atoms with Crippen LogP contribution >= 0.6 is 0 Å². The molecule has 6 heteroatoms. The Morgan fingerprint density at radius 2 is 2.08 bits per heavy atom. The fourth-order valence-electron chi connectivity index (χ4n) is 2.51. The van der Waals surface area contributed by atoms with Gasteiger partial charge in [0, 0.05) is 35.4 Å². The highest BCUT2D eigenvalue weighted by molar-refractivity contribution is 5.93. The number of hydrogen-bond donors (Lipinski definition) is 2. The van der Waals surface area contributed by atoms with E-state index in [0.717, 1.165) is 10.8 Å². The van der Waals surface area contributed by atoms with Crippen molar-refractivity contribution in [2.24, 2.45) is 0 Å². The van der Waals surface area contributed by atoms with Crippen LogP contribution in [-0.2, 0) is 11.2 Å². The molecule has 0 saturated carbocycles. The molecule has 0 aliphatic carbocycles. The van der Waals surface area contributed by atoms with E-state index >= 15 is 0 Å². The Bertz CT molecular complexity index is 924. The highest BCUT2D eigenvalue weighted by atomic mass is 16.4. The topological polar surface area (TPSA) is 92.7 Å². The van der Waals surface area contributed by atoms with Crippen molar-refractivity contribution >= 4 is 27.8 Å². The van der Waals surface area contributed by atoms with E-state index in [2.05, 4.69) is 5.32 Å². The lowest BCUT2D eigenvalue weighted by Gasteiger charge is -2.09. The molecule has 0 saturated heterocycles. The number of benzene rings is 1. The van der Waals surface area contributed by atoms with Crippen molar-refractivity contribution in [1.82, 2.24) is 5.32 Å². The third-order valence-corrected chi connectivity index (χ3v) is 4.01. The lowest BCUT2D eigenvalue weighted by molar-refractivity contribution is -0.121. The smallest absolute Gasteiger partial charge is 0.339 e. The first kappa shape index (κ1) is 16.3. The Labute approximate surface area is 138 Å². The molecule has 1 amide bonds. The predicted octanol–water partition coefficient (Wildman–Crippen LogP) is 2.36. The van der Waals surface area contributed by atoms with Crippen LogP contribution in [-0.4, -0.2) is 23.7 Å². The summed E-state index contributed by atoms with van der Waals surface area (Å²) in [6, 6.07) is 7.17. The first-order chi connectivity index (χ1) is 11.6. The Hall–Kier alpha value is -2.60. The molecule has 0 aliphatic rings. The second-order valence-electron chi connectivity index (χ2n) is 5.77. The molecule has 0 aliphatic heterocycles. The van der Waals surface area contributed by atoms with E-state index in [1.165, 1.54) is 0 Å². The van der Waals surface area contributed by atoms with Crippen molar-refractivity contribution in [3.8, 4) is 0 Å². The van der Waals surface area contributed by atoms with E-state index in [9.17, 15) is 14.7 Å². The van der Waals surface area contributed by atoms with Gasteiger partial charge in [-0.05, 0) is 31.0 Å². The lowest BCUT2D eigenvalue weighted by Crippen LogP contribution is -2.32. The van der Waals surface area contributed by atoms with Gasteiger partial charge in [0.2, 0.25) is 5.91 Å². The number of carbonyl (C=O) groups excluding carboxylic acids is 1. The van der Waals surface area contributed by atoms with Gasteiger partial charge in [-0.1, -0.05) is 6.92 Å². The number of amides is 1. The number of aryl methyl sites for hydroxylation is 1. The molecule has 3 rings (SSSR count). The number of nitrogens with one attached hydrogen (secondary N) is 1. The number of aliphatic hydroxyl groups is 1. The summed E-state index contributed by atoms with van der Waals surface area (Å²) in [5.74, 6) is -0.202. The quantitative estimate of drug-likeness (QED) is 0.677. The number of aliphatic hydroxyl groups excluding tert-OH is 1. The average Bonchev–Trinajstić information content (AvgIpc) is 3.02. The van der Waals surface area contributed by atoms with Crippen molar-refractivity contribution in [3.63, 3.8) is 0 Å². The van der Waals surface area contributed by atoms with Gasteiger partial charge in [-0.3, -0.25) is 4.79 Å². The van der Waals surface area contributed by atoms with Gasteiger partial charge in [0.25, 0.3) is 0 Å². The Balaban J connectivity index is 1.74. The second-order valence-corrected chi connectivity index (χ2v) is 5.77. The van der Waals surface area contributed by atoms with E-state index in [4.69, 9.17) is 8.83 Å². The van der Waals surface area contributed by atoms with Crippen LogP contribution in [0.2, 0.25) is 0 Å². The van der Waals surface area contributed by atoms with Crippen LogP contribution < -0.4 is 10.9 Å². The molecule has 6 nitrogen and oxygen atoms in total. The van der Waals surface area contributed by atoms with Crippen molar-refractivity contribution in [3.05, 3.63) is 46.5 Å². The molecule has 24 heavy (non-hydrogen) atoms. The molecule has 0 fully saturated rings. The van der Waals surface area contributed by atoms with E-state index in [0.29, 0.717) is 23.2 Å². The molecule has 0 bridgehead atoms. The maximum Gasteiger partial charge on any atom is 0.339 e. The molecule has 0 radical (unpaired) electrons. The van der Waals surface area contributed by atoms with Crippen molar-refractivity contribution in [1.29, 1.82) is 0 Å². The monoisotopic (exact) mass is 329 g/mol. The average molecular weight is 329 g/mol. The molecular formula is C18H19NO5. The van der Waals surface area contributed by atoms with Crippen LogP contribution in [0.15, 0.2) is 44.2 Å². The van der Waals surface area contributed by atoms with Gasteiger partial charge in [0.15, 0.2) is 0 Å². The van der Waals surface area contributed by atoms with Gasteiger partial charge < -0.3 is 19.3 Å². The molecule has 126 valence electrons. The third kappa shape index (κ3) is 3.49.